The molecule has 3 rings (SSSR count). The average molecular weight is 366 g/mol. The van der Waals surface area contributed by atoms with E-state index >= 15 is 0 Å². The second kappa shape index (κ2) is 6.75. The molecule has 24 heavy (non-hydrogen) atoms. The van der Waals surface area contributed by atoms with Crippen LogP contribution in [0, 0.1) is 0 Å². The summed E-state index contributed by atoms with van der Waals surface area (Å²) in [5.41, 5.74) is 2.97. The number of fused-ring (bicyclic) bond motifs is 1. The zero-order valence-electron chi connectivity index (χ0n) is 13.7. The maximum absolute atomic E-state index is 12.6. The summed E-state index contributed by atoms with van der Waals surface area (Å²) in [5, 5.41) is 0.594. The molecule has 0 fully saturated rings. The SMILES string of the molecule is CCS(=O)(=O)N1CCc2ccc(OC)cc2C1c1cccc(Cl)c1. The van der Waals surface area contributed by atoms with Crippen LogP contribution >= 0.6 is 11.6 Å². The van der Waals surface area contributed by atoms with Crippen LogP contribution in [0.2, 0.25) is 5.02 Å². The number of ether oxygens (including phenoxy) is 1. The van der Waals surface area contributed by atoms with Gasteiger partial charge in [0.05, 0.1) is 18.9 Å². The summed E-state index contributed by atoms with van der Waals surface area (Å²) in [7, 11) is -1.73. The van der Waals surface area contributed by atoms with E-state index in [4.69, 9.17) is 16.3 Å². The molecular weight excluding hydrogens is 346 g/mol. The van der Waals surface area contributed by atoms with E-state index in [1.807, 2.05) is 36.4 Å². The molecule has 0 saturated carbocycles. The quantitative estimate of drug-likeness (QED) is 0.830. The molecule has 0 aromatic heterocycles. The monoisotopic (exact) mass is 365 g/mol. The smallest absolute Gasteiger partial charge is 0.214 e. The minimum Gasteiger partial charge on any atom is -0.497 e. The Kier molecular flexibility index (Phi) is 4.85. The fourth-order valence-corrected chi connectivity index (χ4v) is 4.64. The van der Waals surface area contributed by atoms with E-state index in [1.54, 1.807) is 24.4 Å². The third-order valence-electron chi connectivity index (χ3n) is 4.42. The van der Waals surface area contributed by atoms with Crippen molar-refractivity contribution in [2.45, 2.75) is 19.4 Å². The van der Waals surface area contributed by atoms with Gasteiger partial charge in [-0.25, -0.2) is 8.42 Å². The molecule has 1 aliphatic heterocycles. The summed E-state index contributed by atoms with van der Waals surface area (Å²) in [6.45, 7) is 2.14. The van der Waals surface area contributed by atoms with Gasteiger partial charge in [0.2, 0.25) is 10.0 Å². The van der Waals surface area contributed by atoms with Crippen molar-refractivity contribution in [1.82, 2.24) is 4.31 Å². The van der Waals surface area contributed by atoms with Gasteiger partial charge in [-0.1, -0.05) is 29.8 Å². The Morgan fingerprint density at radius 1 is 1.25 bits per heavy atom. The molecule has 1 aliphatic rings. The second-order valence-electron chi connectivity index (χ2n) is 5.78. The van der Waals surface area contributed by atoms with Gasteiger partial charge in [0.1, 0.15) is 5.75 Å². The van der Waals surface area contributed by atoms with E-state index in [0.717, 1.165) is 22.4 Å². The van der Waals surface area contributed by atoms with Crippen molar-refractivity contribution in [1.29, 1.82) is 0 Å². The topological polar surface area (TPSA) is 46.6 Å². The van der Waals surface area contributed by atoms with Gasteiger partial charge in [-0.2, -0.15) is 4.31 Å². The highest BCUT2D eigenvalue weighted by Crippen LogP contribution is 2.39. The number of hydrogen-bond acceptors (Lipinski definition) is 3. The fraction of sp³-hybridized carbons (Fsp3) is 0.333. The average Bonchev–Trinajstić information content (AvgIpc) is 2.60. The van der Waals surface area contributed by atoms with E-state index in [9.17, 15) is 8.42 Å². The fourth-order valence-electron chi connectivity index (χ4n) is 3.19. The molecule has 1 atom stereocenters. The Hall–Kier alpha value is -1.56. The second-order valence-corrected chi connectivity index (χ2v) is 8.43. The first-order valence-corrected chi connectivity index (χ1v) is 9.86. The van der Waals surface area contributed by atoms with Crippen molar-refractivity contribution >= 4 is 21.6 Å². The molecule has 2 aromatic carbocycles. The molecule has 4 nitrogen and oxygen atoms in total. The predicted molar refractivity (Wildman–Crippen MR) is 96.2 cm³/mol. The lowest BCUT2D eigenvalue weighted by molar-refractivity contribution is 0.342. The number of rotatable bonds is 4. The Bertz CT molecular complexity index is 851. The van der Waals surface area contributed by atoms with Gasteiger partial charge in [-0.05, 0) is 54.3 Å². The standard InChI is InChI=1S/C18H20ClNO3S/c1-3-24(21,22)20-10-9-13-7-8-16(23-2)12-17(13)18(20)14-5-4-6-15(19)11-14/h4-8,11-12,18H,3,9-10H2,1-2H3. The van der Waals surface area contributed by atoms with Crippen molar-refractivity contribution in [3.05, 3.63) is 64.2 Å². The summed E-state index contributed by atoms with van der Waals surface area (Å²) in [5.74, 6) is 0.792. The van der Waals surface area contributed by atoms with Crippen LogP contribution < -0.4 is 4.74 Å². The molecule has 0 bridgehead atoms. The van der Waals surface area contributed by atoms with Crippen molar-refractivity contribution in [2.75, 3.05) is 19.4 Å². The largest absolute Gasteiger partial charge is 0.497 e. The van der Waals surface area contributed by atoms with Gasteiger partial charge >= 0.3 is 0 Å². The van der Waals surface area contributed by atoms with Crippen LogP contribution in [0.15, 0.2) is 42.5 Å². The lowest BCUT2D eigenvalue weighted by Crippen LogP contribution is -2.41. The molecule has 128 valence electrons. The molecule has 1 heterocycles. The highest BCUT2D eigenvalue weighted by molar-refractivity contribution is 7.89. The Labute approximate surface area is 148 Å². The molecule has 6 heteroatoms. The van der Waals surface area contributed by atoms with E-state index in [2.05, 4.69) is 0 Å². The summed E-state index contributed by atoms with van der Waals surface area (Å²) >= 11 is 6.15. The summed E-state index contributed by atoms with van der Waals surface area (Å²) in [6.07, 6.45) is 0.690. The third-order valence-corrected chi connectivity index (χ3v) is 6.50. The molecule has 0 amide bonds. The van der Waals surface area contributed by atoms with Crippen LogP contribution in [0.25, 0.3) is 0 Å². The molecule has 0 spiro atoms. The maximum atomic E-state index is 12.6. The first kappa shape index (κ1) is 17.3. The molecule has 0 radical (unpaired) electrons. The Balaban J connectivity index is 2.20. The number of benzene rings is 2. The summed E-state index contributed by atoms with van der Waals surface area (Å²) in [6, 6.07) is 12.9. The maximum Gasteiger partial charge on any atom is 0.214 e. The number of methoxy groups -OCH3 is 1. The van der Waals surface area contributed by atoms with Crippen LogP contribution in [0.5, 0.6) is 5.75 Å². The van der Waals surface area contributed by atoms with Gasteiger partial charge in [0.25, 0.3) is 0 Å². The van der Waals surface area contributed by atoms with Crippen LogP contribution in [0.4, 0.5) is 0 Å². The number of halogens is 1. The Morgan fingerprint density at radius 3 is 2.71 bits per heavy atom. The lowest BCUT2D eigenvalue weighted by atomic mass is 9.89. The zero-order chi connectivity index (χ0) is 17.3. The molecule has 1 unspecified atom stereocenters. The summed E-state index contributed by atoms with van der Waals surface area (Å²) in [4.78, 5) is 0. The van der Waals surface area contributed by atoms with Crippen LogP contribution in [0.3, 0.4) is 0 Å². The van der Waals surface area contributed by atoms with E-state index in [1.165, 1.54) is 0 Å². The molecule has 2 aromatic rings. The first-order chi connectivity index (χ1) is 11.5. The normalized spacial score (nSPS) is 18.2. The minimum absolute atomic E-state index is 0.0728. The minimum atomic E-state index is -3.34. The molecule has 0 aliphatic carbocycles. The van der Waals surface area contributed by atoms with Crippen LogP contribution in [-0.4, -0.2) is 32.1 Å². The highest BCUT2D eigenvalue weighted by atomic mass is 35.5. The van der Waals surface area contributed by atoms with Gasteiger partial charge in [0, 0.05) is 11.6 Å². The van der Waals surface area contributed by atoms with Gasteiger partial charge in [-0.3, -0.25) is 0 Å². The number of hydrogen-bond donors (Lipinski definition) is 0. The van der Waals surface area contributed by atoms with Crippen molar-refractivity contribution in [2.24, 2.45) is 0 Å². The molecule has 0 N–H and O–H groups in total. The molecule has 0 saturated heterocycles. The zero-order valence-corrected chi connectivity index (χ0v) is 15.3. The predicted octanol–water partition coefficient (Wildman–Crippen LogP) is 3.65. The van der Waals surface area contributed by atoms with Crippen LogP contribution in [0.1, 0.15) is 29.7 Å². The number of nitrogens with zero attached hydrogens (tertiary/aromatic N) is 1. The van der Waals surface area contributed by atoms with Crippen molar-refractivity contribution < 1.29 is 13.2 Å². The van der Waals surface area contributed by atoms with Crippen LogP contribution in [-0.2, 0) is 16.4 Å². The van der Waals surface area contributed by atoms with Crippen molar-refractivity contribution in [3.63, 3.8) is 0 Å². The third kappa shape index (κ3) is 3.16. The lowest BCUT2D eigenvalue weighted by Gasteiger charge is -2.36. The molecular formula is C18H20ClNO3S. The van der Waals surface area contributed by atoms with Gasteiger partial charge < -0.3 is 4.74 Å². The Morgan fingerprint density at radius 2 is 2.04 bits per heavy atom. The van der Waals surface area contributed by atoms with E-state index < -0.39 is 10.0 Å². The highest BCUT2D eigenvalue weighted by Gasteiger charge is 2.35. The summed E-state index contributed by atoms with van der Waals surface area (Å²) < 4.78 is 32.2. The van der Waals surface area contributed by atoms with E-state index in [0.29, 0.717) is 18.0 Å². The number of sulfonamides is 1. The van der Waals surface area contributed by atoms with Gasteiger partial charge in [0.15, 0.2) is 0 Å². The van der Waals surface area contributed by atoms with E-state index in [-0.39, 0.29) is 11.8 Å². The first-order valence-electron chi connectivity index (χ1n) is 7.88. The van der Waals surface area contributed by atoms with Gasteiger partial charge in [-0.15, -0.1) is 0 Å². The van der Waals surface area contributed by atoms with Crippen molar-refractivity contribution in [3.8, 4) is 5.75 Å².